The summed E-state index contributed by atoms with van der Waals surface area (Å²) in [4.78, 5) is 12.2. The van der Waals surface area contributed by atoms with E-state index in [1.807, 2.05) is 11.8 Å². The van der Waals surface area contributed by atoms with Crippen LogP contribution >= 0.6 is 11.8 Å². The van der Waals surface area contributed by atoms with Crippen LogP contribution in [0.2, 0.25) is 0 Å². The zero-order valence-corrected chi connectivity index (χ0v) is 13.2. The molecule has 2 bridgehead atoms. The van der Waals surface area contributed by atoms with E-state index in [9.17, 15) is 9.90 Å². The number of hydrogen-bond donors (Lipinski definition) is 1. The summed E-state index contributed by atoms with van der Waals surface area (Å²) >= 11 is 1.99. The molecule has 4 rings (SSSR count). The van der Waals surface area contributed by atoms with Crippen molar-refractivity contribution >= 4 is 17.7 Å². The third-order valence-corrected chi connectivity index (χ3v) is 7.26. The summed E-state index contributed by atoms with van der Waals surface area (Å²) in [6, 6.07) is 0. The van der Waals surface area contributed by atoms with Crippen LogP contribution in [0, 0.1) is 11.3 Å². The van der Waals surface area contributed by atoms with Crippen molar-refractivity contribution in [3.05, 3.63) is 0 Å². The van der Waals surface area contributed by atoms with Gasteiger partial charge < -0.3 is 14.6 Å². The summed E-state index contributed by atoms with van der Waals surface area (Å²) in [5, 5.41) is 10.00. The van der Waals surface area contributed by atoms with Gasteiger partial charge in [-0.15, -0.1) is 0 Å². The molecule has 0 aromatic heterocycles. The highest BCUT2D eigenvalue weighted by Gasteiger charge is 2.62. The Balaban J connectivity index is 1.60. The number of hydrogen-bond acceptors (Lipinski definition) is 4. The van der Waals surface area contributed by atoms with Crippen LogP contribution in [0.3, 0.4) is 0 Å². The van der Waals surface area contributed by atoms with Crippen LogP contribution in [0.25, 0.3) is 0 Å². The highest BCUT2D eigenvalue weighted by molar-refractivity contribution is 7.99. The van der Waals surface area contributed by atoms with Crippen molar-refractivity contribution < 1.29 is 19.4 Å². The van der Waals surface area contributed by atoms with E-state index in [1.165, 1.54) is 0 Å². The molecule has 4 unspecified atom stereocenters. The summed E-state index contributed by atoms with van der Waals surface area (Å²) in [6.07, 6.45) is 6.80. The number of thioether (sulfide) groups is 1. The molecule has 4 aliphatic rings. The third-order valence-electron chi connectivity index (χ3n) is 6.27. The van der Waals surface area contributed by atoms with Crippen molar-refractivity contribution in [2.24, 2.45) is 11.3 Å². The minimum absolute atomic E-state index is 0.0432. The van der Waals surface area contributed by atoms with E-state index in [2.05, 4.69) is 0 Å². The van der Waals surface area contributed by atoms with E-state index in [1.54, 1.807) is 0 Å². The lowest BCUT2D eigenvalue weighted by molar-refractivity contribution is -0.170. The number of aliphatic carboxylic acids is 1. The smallest absolute Gasteiger partial charge is 0.312 e. The average molecular weight is 312 g/mol. The lowest BCUT2D eigenvalue weighted by atomic mass is 9.60. The highest BCUT2D eigenvalue weighted by Crippen LogP contribution is 2.57. The van der Waals surface area contributed by atoms with Crippen LogP contribution in [0.1, 0.15) is 44.9 Å². The minimum atomic E-state index is -0.635. The van der Waals surface area contributed by atoms with Gasteiger partial charge in [0.1, 0.15) is 0 Å². The normalized spacial score (nSPS) is 45.0. The third kappa shape index (κ3) is 2.15. The second-order valence-electron chi connectivity index (χ2n) is 7.21. The van der Waals surface area contributed by atoms with Crippen molar-refractivity contribution in [3.8, 4) is 0 Å². The predicted molar refractivity (Wildman–Crippen MR) is 80.5 cm³/mol. The van der Waals surface area contributed by atoms with Crippen molar-refractivity contribution in [3.63, 3.8) is 0 Å². The molecule has 21 heavy (non-hydrogen) atoms. The molecule has 5 heteroatoms. The molecular weight excluding hydrogens is 288 g/mol. The van der Waals surface area contributed by atoms with Crippen LogP contribution in [-0.4, -0.2) is 47.0 Å². The van der Waals surface area contributed by atoms with Crippen LogP contribution in [0.15, 0.2) is 0 Å². The standard InChI is InChI=1S/C16H24O4S/c17-14(18)16(10-12-1-2-13(16)20-12)11-3-6-19-15(9-11)4-7-21-8-5-15/h11-13H,1-10H2,(H,17,18). The zero-order chi connectivity index (χ0) is 14.5. The van der Waals surface area contributed by atoms with Gasteiger partial charge in [-0.05, 0) is 62.4 Å². The minimum Gasteiger partial charge on any atom is -0.481 e. The Labute approximate surface area is 129 Å². The van der Waals surface area contributed by atoms with Gasteiger partial charge in [0.25, 0.3) is 0 Å². The molecule has 4 aliphatic heterocycles. The Bertz CT molecular complexity index is 428. The summed E-state index contributed by atoms with van der Waals surface area (Å²) in [5.41, 5.74) is -0.678. The van der Waals surface area contributed by atoms with E-state index >= 15 is 0 Å². The van der Waals surface area contributed by atoms with Crippen LogP contribution in [0.4, 0.5) is 0 Å². The molecule has 4 fully saturated rings. The molecule has 4 heterocycles. The van der Waals surface area contributed by atoms with Gasteiger partial charge in [0.2, 0.25) is 0 Å². The number of carbonyl (C=O) groups is 1. The van der Waals surface area contributed by atoms with Gasteiger partial charge in [0.15, 0.2) is 0 Å². The lowest BCUT2D eigenvalue weighted by Crippen LogP contribution is -2.53. The van der Waals surface area contributed by atoms with Gasteiger partial charge in [0, 0.05) is 6.61 Å². The Kier molecular flexibility index (Phi) is 3.51. The predicted octanol–water partition coefficient (Wildman–Crippen LogP) is 2.70. The topological polar surface area (TPSA) is 55.8 Å². The summed E-state index contributed by atoms with van der Waals surface area (Å²) < 4.78 is 12.1. The first-order chi connectivity index (χ1) is 10.1. The highest BCUT2D eigenvalue weighted by atomic mass is 32.2. The molecule has 1 N–H and O–H groups in total. The number of fused-ring (bicyclic) bond motifs is 2. The van der Waals surface area contributed by atoms with Crippen LogP contribution < -0.4 is 0 Å². The second-order valence-corrected chi connectivity index (χ2v) is 8.43. The number of carboxylic acids is 1. The van der Waals surface area contributed by atoms with Crippen LogP contribution in [-0.2, 0) is 14.3 Å². The maximum atomic E-state index is 12.2. The van der Waals surface area contributed by atoms with Gasteiger partial charge in [-0.25, -0.2) is 0 Å². The summed E-state index contributed by atoms with van der Waals surface area (Å²) in [5.74, 6) is 1.90. The first kappa shape index (κ1) is 14.3. The molecule has 0 aliphatic carbocycles. The maximum absolute atomic E-state index is 12.2. The van der Waals surface area contributed by atoms with E-state index in [4.69, 9.17) is 9.47 Å². The fourth-order valence-corrected chi connectivity index (χ4v) is 6.37. The molecule has 4 nitrogen and oxygen atoms in total. The first-order valence-electron chi connectivity index (χ1n) is 8.25. The molecule has 0 saturated carbocycles. The molecule has 4 atom stereocenters. The van der Waals surface area contributed by atoms with E-state index in [0.717, 1.165) is 63.1 Å². The SMILES string of the molecule is O=C(O)C1(C2CCOC3(CCSCC3)C2)CC2CCC1O2. The molecule has 0 radical (unpaired) electrons. The number of rotatable bonds is 2. The molecular formula is C16H24O4S. The average Bonchev–Trinajstić information content (AvgIpc) is 3.09. The number of carboxylic acid groups (broad SMARTS) is 1. The van der Waals surface area contributed by atoms with Gasteiger partial charge >= 0.3 is 5.97 Å². The first-order valence-corrected chi connectivity index (χ1v) is 9.41. The van der Waals surface area contributed by atoms with Crippen molar-refractivity contribution in [2.45, 2.75) is 62.8 Å². The molecule has 0 aromatic rings. The van der Waals surface area contributed by atoms with E-state index in [0.29, 0.717) is 0 Å². The molecule has 0 amide bonds. The Hall–Kier alpha value is -0.260. The Morgan fingerprint density at radius 1 is 1.14 bits per heavy atom. The quantitative estimate of drug-likeness (QED) is 0.849. The largest absolute Gasteiger partial charge is 0.481 e. The maximum Gasteiger partial charge on any atom is 0.312 e. The van der Waals surface area contributed by atoms with E-state index in [-0.39, 0.29) is 23.7 Å². The fraction of sp³-hybridized carbons (Fsp3) is 0.938. The fourth-order valence-electron chi connectivity index (χ4n) is 5.13. The monoisotopic (exact) mass is 312 g/mol. The van der Waals surface area contributed by atoms with Crippen LogP contribution in [0.5, 0.6) is 0 Å². The molecule has 118 valence electrons. The van der Waals surface area contributed by atoms with Crippen molar-refractivity contribution in [1.82, 2.24) is 0 Å². The Morgan fingerprint density at radius 3 is 2.57 bits per heavy atom. The van der Waals surface area contributed by atoms with Crippen molar-refractivity contribution in [1.29, 1.82) is 0 Å². The summed E-state index contributed by atoms with van der Waals surface area (Å²) in [6.45, 7) is 0.724. The molecule has 4 saturated heterocycles. The number of ether oxygens (including phenoxy) is 2. The molecule has 1 spiro atoms. The zero-order valence-electron chi connectivity index (χ0n) is 12.4. The van der Waals surface area contributed by atoms with Gasteiger partial charge in [-0.3, -0.25) is 4.79 Å². The van der Waals surface area contributed by atoms with Gasteiger partial charge in [0.05, 0.1) is 23.2 Å². The molecule has 0 aromatic carbocycles. The Morgan fingerprint density at radius 2 is 1.95 bits per heavy atom. The lowest BCUT2D eigenvalue weighted by Gasteiger charge is -2.49. The summed E-state index contributed by atoms with van der Waals surface area (Å²) in [7, 11) is 0. The van der Waals surface area contributed by atoms with E-state index < -0.39 is 11.4 Å². The second kappa shape index (κ2) is 5.14. The van der Waals surface area contributed by atoms with Gasteiger partial charge in [-0.2, -0.15) is 11.8 Å². The van der Waals surface area contributed by atoms with Crippen molar-refractivity contribution in [2.75, 3.05) is 18.1 Å². The van der Waals surface area contributed by atoms with Gasteiger partial charge in [-0.1, -0.05) is 0 Å².